The predicted octanol–water partition coefficient (Wildman–Crippen LogP) is 5.65. The highest BCUT2D eigenvalue weighted by atomic mass is 16.5. The van der Waals surface area contributed by atoms with Crippen LogP contribution in [0.3, 0.4) is 0 Å². The Bertz CT molecular complexity index is 1060. The fourth-order valence-corrected chi connectivity index (χ4v) is 3.60. The summed E-state index contributed by atoms with van der Waals surface area (Å²) in [5.41, 5.74) is 4.94. The van der Waals surface area contributed by atoms with E-state index in [1.54, 1.807) is 0 Å². The summed E-state index contributed by atoms with van der Waals surface area (Å²) >= 11 is 0. The third-order valence-electron chi connectivity index (χ3n) is 5.63. The molecule has 2 aromatic carbocycles. The van der Waals surface area contributed by atoms with E-state index in [1.165, 1.54) is 12.8 Å². The van der Waals surface area contributed by atoms with Gasteiger partial charge in [-0.2, -0.15) is 0 Å². The van der Waals surface area contributed by atoms with Crippen LogP contribution in [0.4, 0.5) is 5.69 Å². The number of carbonyl (C=O) groups is 1. The standard InChI is InChI=1S/C26H33N3O2/c1-17-23(12-9-20-13-21(28-24(17)20)14-27-16-26(2,3)4)29-25(30)19-7-10-22(11-8-19)31-15-18-5-6-18/h7-13,18,27-28H,5-6,14-16H2,1-4H3,(H,29,30). The van der Waals surface area contributed by atoms with Crippen molar-refractivity contribution in [2.45, 2.75) is 47.1 Å². The number of aryl methyl sites for hydroxylation is 1. The highest BCUT2D eigenvalue weighted by molar-refractivity contribution is 6.06. The number of anilines is 1. The smallest absolute Gasteiger partial charge is 0.255 e. The van der Waals surface area contributed by atoms with Crippen molar-refractivity contribution in [2.24, 2.45) is 11.3 Å². The number of aromatic nitrogens is 1. The second-order valence-electron chi connectivity index (χ2n) is 9.89. The zero-order valence-corrected chi connectivity index (χ0v) is 19.0. The van der Waals surface area contributed by atoms with Gasteiger partial charge in [-0.1, -0.05) is 26.8 Å². The molecule has 164 valence electrons. The summed E-state index contributed by atoms with van der Waals surface area (Å²) in [6.45, 7) is 11.2. The molecule has 0 radical (unpaired) electrons. The van der Waals surface area contributed by atoms with E-state index < -0.39 is 0 Å². The molecule has 1 amide bonds. The Morgan fingerprint density at radius 3 is 2.55 bits per heavy atom. The van der Waals surface area contributed by atoms with Crippen molar-refractivity contribution in [2.75, 3.05) is 18.5 Å². The van der Waals surface area contributed by atoms with E-state index in [9.17, 15) is 4.79 Å². The number of benzene rings is 2. The number of nitrogens with one attached hydrogen (secondary N) is 3. The van der Waals surface area contributed by atoms with Crippen molar-refractivity contribution in [3.63, 3.8) is 0 Å². The Morgan fingerprint density at radius 1 is 1.13 bits per heavy atom. The van der Waals surface area contributed by atoms with E-state index in [0.717, 1.165) is 53.3 Å². The molecule has 1 aliphatic carbocycles. The van der Waals surface area contributed by atoms with E-state index in [0.29, 0.717) is 11.5 Å². The number of hydrogen-bond acceptors (Lipinski definition) is 3. The molecule has 0 atom stereocenters. The molecule has 1 heterocycles. The summed E-state index contributed by atoms with van der Waals surface area (Å²) in [6, 6.07) is 13.6. The average Bonchev–Trinajstić information content (AvgIpc) is 3.46. The fraction of sp³-hybridized carbons (Fsp3) is 0.423. The van der Waals surface area contributed by atoms with E-state index in [1.807, 2.05) is 37.3 Å². The normalized spacial score (nSPS) is 14.1. The van der Waals surface area contributed by atoms with E-state index in [2.05, 4.69) is 48.5 Å². The molecule has 3 N–H and O–H groups in total. The van der Waals surface area contributed by atoms with E-state index in [-0.39, 0.29) is 11.3 Å². The van der Waals surface area contributed by atoms with Crippen molar-refractivity contribution in [3.05, 3.63) is 59.3 Å². The summed E-state index contributed by atoms with van der Waals surface area (Å²) < 4.78 is 5.76. The maximum atomic E-state index is 12.8. The largest absolute Gasteiger partial charge is 0.493 e. The van der Waals surface area contributed by atoms with Gasteiger partial charge in [-0.3, -0.25) is 4.79 Å². The average molecular weight is 420 g/mol. The first-order valence-corrected chi connectivity index (χ1v) is 11.1. The van der Waals surface area contributed by atoms with Gasteiger partial charge in [0.15, 0.2) is 0 Å². The summed E-state index contributed by atoms with van der Waals surface area (Å²) in [7, 11) is 0. The van der Waals surface area contributed by atoms with Gasteiger partial charge in [-0.05, 0) is 73.1 Å². The van der Waals surface area contributed by atoms with Gasteiger partial charge in [-0.25, -0.2) is 0 Å². The first-order valence-electron chi connectivity index (χ1n) is 11.1. The first kappa shape index (κ1) is 21.4. The third kappa shape index (κ3) is 5.67. The zero-order valence-electron chi connectivity index (χ0n) is 19.0. The molecule has 1 fully saturated rings. The number of aromatic amines is 1. The summed E-state index contributed by atoms with van der Waals surface area (Å²) in [6.07, 6.45) is 2.53. The van der Waals surface area contributed by atoms with Crippen LogP contribution < -0.4 is 15.4 Å². The fourth-order valence-electron chi connectivity index (χ4n) is 3.60. The second kappa shape index (κ2) is 8.75. The Labute approximate surface area is 184 Å². The molecule has 1 saturated carbocycles. The van der Waals surface area contributed by atoms with Crippen LogP contribution in [0.25, 0.3) is 10.9 Å². The van der Waals surface area contributed by atoms with Gasteiger partial charge < -0.3 is 20.4 Å². The van der Waals surface area contributed by atoms with Crippen LogP contribution in [0.15, 0.2) is 42.5 Å². The topological polar surface area (TPSA) is 66.2 Å². The number of fused-ring (bicyclic) bond motifs is 1. The molecule has 1 aromatic heterocycles. The molecule has 0 spiro atoms. The number of rotatable bonds is 8. The lowest BCUT2D eigenvalue weighted by Crippen LogP contribution is -2.26. The lowest BCUT2D eigenvalue weighted by Gasteiger charge is -2.18. The first-order chi connectivity index (χ1) is 14.8. The number of amides is 1. The lowest BCUT2D eigenvalue weighted by atomic mass is 9.97. The van der Waals surface area contributed by atoms with Gasteiger partial charge in [-0.15, -0.1) is 0 Å². The summed E-state index contributed by atoms with van der Waals surface area (Å²) in [4.78, 5) is 16.3. The van der Waals surface area contributed by atoms with Gasteiger partial charge in [0.1, 0.15) is 5.75 Å². The minimum absolute atomic E-state index is 0.116. The maximum Gasteiger partial charge on any atom is 0.255 e. The third-order valence-corrected chi connectivity index (χ3v) is 5.63. The maximum absolute atomic E-state index is 12.8. The number of ether oxygens (including phenoxy) is 1. The minimum atomic E-state index is -0.116. The highest BCUT2D eigenvalue weighted by Gasteiger charge is 2.22. The van der Waals surface area contributed by atoms with Gasteiger partial charge in [0, 0.05) is 35.4 Å². The molecule has 5 nitrogen and oxygen atoms in total. The van der Waals surface area contributed by atoms with Gasteiger partial charge >= 0.3 is 0 Å². The molecule has 0 unspecified atom stereocenters. The summed E-state index contributed by atoms with van der Waals surface area (Å²) in [5, 5.41) is 7.71. The van der Waals surface area contributed by atoms with Gasteiger partial charge in [0.2, 0.25) is 0 Å². The van der Waals surface area contributed by atoms with Crippen LogP contribution in [-0.2, 0) is 6.54 Å². The molecule has 1 aliphatic rings. The van der Waals surface area contributed by atoms with E-state index >= 15 is 0 Å². The summed E-state index contributed by atoms with van der Waals surface area (Å²) in [5.74, 6) is 1.42. The number of H-pyrrole nitrogens is 1. The monoisotopic (exact) mass is 419 g/mol. The lowest BCUT2D eigenvalue weighted by molar-refractivity contribution is 0.102. The molecule has 0 saturated heterocycles. The van der Waals surface area contributed by atoms with Crippen LogP contribution in [0.5, 0.6) is 5.75 Å². The molecule has 0 bridgehead atoms. The Balaban J connectivity index is 1.41. The Kier molecular flexibility index (Phi) is 6.05. The van der Waals surface area contributed by atoms with Gasteiger partial charge in [0.25, 0.3) is 5.91 Å². The molecular weight excluding hydrogens is 386 g/mol. The van der Waals surface area contributed by atoms with Crippen molar-refractivity contribution < 1.29 is 9.53 Å². The molecule has 0 aliphatic heterocycles. The zero-order chi connectivity index (χ0) is 22.0. The van der Waals surface area contributed by atoms with E-state index in [4.69, 9.17) is 4.74 Å². The van der Waals surface area contributed by atoms with Crippen LogP contribution >= 0.6 is 0 Å². The Morgan fingerprint density at radius 2 is 1.87 bits per heavy atom. The molecule has 31 heavy (non-hydrogen) atoms. The van der Waals surface area contributed by atoms with Gasteiger partial charge in [0.05, 0.1) is 12.1 Å². The SMILES string of the molecule is Cc1c(NC(=O)c2ccc(OCC3CC3)cc2)ccc2cc(CNCC(C)(C)C)[nH]c12. The molecule has 5 heteroatoms. The second-order valence-corrected chi connectivity index (χ2v) is 9.89. The Hall–Kier alpha value is -2.79. The number of hydrogen-bond donors (Lipinski definition) is 3. The van der Waals surface area contributed by atoms with Crippen LogP contribution in [0.2, 0.25) is 0 Å². The van der Waals surface area contributed by atoms with Crippen LogP contribution in [-0.4, -0.2) is 24.0 Å². The van der Waals surface area contributed by atoms with Crippen molar-refractivity contribution in [1.29, 1.82) is 0 Å². The minimum Gasteiger partial charge on any atom is -0.493 e. The van der Waals surface area contributed by atoms with Crippen molar-refractivity contribution in [3.8, 4) is 5.75 Å². The van der Waals surface area contributed by atoms with Crippen LogP contribution in [0, 0.1) is 18.3 Å². The highest BCUT2D eigenvalue weighted by Crippen LogP contribution is 2.30. The molecule has 3 aromatic rings. The van der Waals surface area contributed by atoms with Crippen LogP contribution in [0.1, 0.15) is 55.2 Å². The number of carbonyl (C=O) groups excluding carboxylic acids is 1. The molecule has 4 rings (SSSR count). The van der Waals surface area contributed by atoms with Crippen molar-refractivity contribution >= 4 is 22.5 Å². The van der Waals surface area contributed by atoms with Crippen molar-refractivity contribution in [1.82, 2.24) is 10.3 Å². The molecular formula is C26H33N3O2. The predicted molar refractivity (Wildman–Crippen MR) is 127 cm³/mol. The quantitative estimate of drug-likeness (QED) is 0.442.